The fraction of sp³-hybridized carbons (Fsp3) is 0.879. The van der Waals surface area contributed by atoms with Crippen molar-refractivity contribution in [3.05, 3.63) is 23.8 Å². The highest BCUT2D eigenvalue weighted by Gasteiger charge is 2.68. The monoisotopic (exact) mass is 450 g/mol. The Labute approximate surface area is 206 Å². The molecule has 0 saturated heterocycles. The first-order valence-corrected chi connectivity index (χ1v) is 14.6. The van der Waals surface area contributed by atoms with Gasteiger partial charge in [0.25, 0.3) is 0 Å². The van der Waals surface area contributed by atoms with E-state index in [1.165, 1.54) is 69.8 Å². The van der Waals surface area contributed by atoms with Crippen molar-refractivity contribution in [1.82, 2.24) is 0 Å². The van der Waals surface area contributed by atoms with Crippen molar-refractivity contribution in [2.24, 2.45) is 56.2 Å². The van der Waals surface area contributed by atoms with Crippen LogP contribution in [-0.4, -0.2) is 0 Å². The van der Waals surface area contributed by atoms with Gasteiger partial charge < -0.3 is 0 Å². The van der Waals surface area contributed by atoms with Gasteiger partial charge in [-0.3, -0.25) is 0 Å². The summed E-state index contributed by atoms with van der Waals surface area (Å²) in [6.07, 6.45) is 16.7. The van der Waals surface area contributed by atoms with Crippen molar-refractivity contribution in [2.75, 3.05) is 0 Å². The van der Waals surface area contributed by atoms with Crippen LogP contribution >= 0.6 is 0 Å². The molecule has 9 unspecified atom stereocenters. The predicted octanol–water partition coefficient (Wildman–Crippen LogP) is 10.0. The Hall–Kier alpha value is -0.520. The summed E-state index contributed by atoms with van der Waals surface area (Å²) >= 11 is 0. The average Bonchev–Trinajstić information content (AvgIpc) is 2.74. The number of hydrogen-bond donors (Lipinski definition) is 0. The molecule has 4 saturated carbocycles. The van der Waals surface area contributed by atoms with Crippen molar-refractivity contribution in [1.29, 1.82) is 0 Å². The van der Waals surface area contributed by atoms with Crippen molar-refractivity contribution in [3.63, 3.8) is 0 Å². The van der Waals surface area contributed by atoms with E-state index in [4.69, 9.17) is 6.58 Å². The first-order valence-electron chi connectivity index (χ1n) is 14.6. The van der Waals surface area contributed by atoms with E-state index in [1.54, 1.807) is 0 Å². The molecule has 0 aromatic rings. The Kier molecular flexibility index (Phi) is 5.16. The first-order chi connectivity index (χ1) is 15.2. The van der Waals surface area contributed by atoms with Crippen molar-refractivity contribution >= 4 is 0 Å². The van der Waals surface area contributed by atoms with Gasteiger partial charge in [0, 0.05) is 0 Å². The molecule has 0 N–H and O–H groups in total. The average molecular weight is 451 g/mol. The molecule has 0 aromatic carbocycles. The second kappa shape index (κ2) is 7.03. The van der Waals surface area contributed by atoms with Gasteiger partial charge in [0.2, 0.25) is 0 Å². The van der Waals surface area contributed by atoms with Crippen LogP contribution in [0, 0.1) is 56.2 Å². The molecule has 0 aliphatic heterocycles. The van der Waals surface area contributed by atoms with Gasteiger partial charge >= 0.3 is 0 Å². The predicted molar refractivity (Wildman–Crippen MR) is 143 cm³/mol. The Morgan fingerprint density at radius 2 is 1.55 bits per heavy atom. The summed E-state index contributed by atoms with van der Waals surface area (Å²) in [6, 6.07) is 0. The Morgan fingerprint density at radius 3 is 2.21 bits per heavy atom. The standard InChI is InChI=1S/C33H54/c1-11-29(6)16-17-30(7)18-19-32(9)24(25(30)21-29)20-22(2)27-31(8)14-12-23(3)28(4,5)26(31)13-15-33(27,32)10/h20,23,25-27H,2,11-19,21H2,1,3-10H3. The van der Waals surface area contributed by atoms with Crippen LogP contribution in [0.1, 0.15) is 127 Å². The van der Waals surface area contributed by atoms with E-state index in [-0.39, 0.29) is 0 Å². The summed E-state index contributed by atoms with van der Waals surface area (Å²) < 4.78 is 0. The summed E-state index contributed by atoms with van der Waals surface area (Å²) in [4.78, 5) is 0. The van der Waals surface area contributed by atoms with Crippen molar-refractivity contribution in [3.8, 4) is 0 Å². The third-order valence-corrected chi connectivity index (χ3v) is 14.2. The molecule has 5 aliphatic carbocycles. The fourth-order valence-electron chi connectivity index (χ4n) is 11.0. The van der Waals surface area contributed by atoms with Crippen LogP contribution in [0.4, 0.5) is 0 Å². The van der Waals surface area contributed by atoms with Crippen molar-refractivity contribution < 1.29 is 0 Å². The van der Waals surface area contributed by atoms with Gasteiger partial charge in [-0.1, -0.05) is 92.5 Å². The maximum Gasteiger partial charge on any atom is -0.00487 e. The molecule has 5 aliphatic rings. The van der Waals surface area contributed by atoms with Crippen molar-refractivity contribution in [2.45, 2.75) is 127 Å². The van der Waals surface area contributed by atoms with Gasteiger partial charge in [0.1, 0.15) is 0 Å². The Bertz CT molecular complexity index is 874. The van der Waals surface area contributed by atoms with E-state index in [0.29, 0.717) is 38.4 Å². The molecular formula is C33H54. The Balaban J connectivity index is 1.62. The third-order valence-electron chi connectivity index (χ3n) is 14.2. The lowest BCUT2D eigenvalue weighted by molar-refractivity contribution is -0.176. The molecule has 0 amide bonds. The van der Waals surface area contributed by atoms with Crippen LogP contribution in [0.5, 0.6) is 0 Å². The third kappa shape index (κ3) is 2.94. The number of allylic oxidation sites excluding steroid dienone is 3. The molecule has 5 rings (SSSR count). The molecule has 33 heavy (non-hydrogen) atoms. The van der Waals surface area contributed by atoms with E-state index in [9.17, 15) is 0 Å². The summed E-state index contributed by atoms with van der Waals surface area (Å²) in [5.74, 6) is 3.07. The maximum atomic E-state index is 4.91. The molecular weight excluding hydrogens is 396 g/mol. The maximum absolute atomic E-state index is 4.91. The van der Waals surface area contributed by atoms with Gasteiger partial charge in [-0.25, -0.2) is 0 Å². The van der Waals surface area contributed by atoms with Crippen LogP contribution in [-0.2, 0) is 0 Å². The van der Waals surface area contributed by atoms with Crippen LogP contribution in [0.15, 0.2) is 23.8 Å². The molecule has 0 heterocycles. The number of fused-ring (bicyclic) bond motifs is 7. The van der Waals surface area contributed by atoms with Gasteiger partial charge in [0.15, 0.2) is 0 Å². The minimum Gasteiger partial charge on any atom is -0.0955 e. The highest BCUT2D eigenvalue weighted by molar-refractivity contribution is 5.43. The summed E-state index contributed by atoms with van der Waals surface area (Å²) in [5.41, 5.74) is 5.92. The normalized spacial score (nSPS) is 55.5. The van der Waals surface area contributed by atoms with E-state index < -0.39 is 0 Å². The molecule has 0 radical (unpaired) electrons. The Morgan fingerprint density at radius 1 is 0.879 bits per heavy atom. The van der Waals surface area contributed by atoms with E-state index in [2.05, 4.69) is 68.4 Å². The zero-order valence-electron chi connectivity index (χ0n) is 23.7. The largest absolute Gasteiger partial charge is 0.0955 e. The second-order valence-corrected chi connectivity index (χ2v) is 15.8. The number of hydrogen-bond acceptors (Lipinski definition) is 0. The summed E-state index contributed by atoms with van der Waals surface area (Å²) in [6.45, 7) is 28.4. The minimum absolute atomic E-state index is 0.343. The summed E-state index contributed by atoms with van der Waals surface area (Å²) in [5, 5.41) is 0. The first kappa shape index (κ1) is 24.2. The zero-order valence-corrected chi connectivity index (χ0v) is 23.7. The summed E-state index contributed by atoms with van der Waals surface area (Å²) in [7, 11) is 0. The van der Waals surface area contributed by atoms with E-state index >= 15 is 0 Å². The lowest BCUT2D eigenvalue weighted by Crippen LogP contribution is -2.64. The highest BCUT2D eigenvalue weighted by Crippen LogP contribution is 2.76. The quantitative estimate of drug-likeness (QED) is 0.373. The fourth-order valence-corrected chi connectivity index (χ4v) is 11.0. The zero-order chi connectivity index (χ0) is 24.2. The van der Waals surface area contributed by atoms with Crippen LogP contribution in [0.25, 0.3) is 0 Å². The molecule has 4 fully saturated rings. The molecule has 0 spiro atoms. The molecule has 0 bridgehead atoms. The van der Waals surface area contributed by atoms with E-state index in [0.717, 1.165) is 17.8 Å². The van der Waals surface area contributed by atoms with Gasteiger partial charge in [-0.05, 0) is 114 Å². The topological polar surface area (TPSA) is 0 Å². The van der Waals surface area contributed by atoms with Gasteiger partial charge in [-0.2, -0.15) is 0 Å². The SMILES string of the molecule is C=C1C=C2C3CC(C)(CC)CCC3(C)CCC2(C)C2(C)CCC3C(C)(C)C(C)CCC3(C)C12. The van der Waals surface area contributed by atoms with E-state index in [1.807, 2.05) is 5.57 Å². The molecule has 0 nitrogen and oxygen atoms in total. The van der Waals surface area contributed by atoms with Gasteiger partial charge in [-0.15, -0.1) is 0 Å². The van der Waals surface area contributed by atoms with Gasteiger partial charge in [0.05, 0.1) is 0 Å². The molecule has 0 aromatic heterocycles. The van der Waals surface area contributed by atoms with Crippen LogP contribution in [0.2, 0.25) is 0 Å². The minimum atomic E-state index is 0.343. The smallest absolute Gasteiger partial charge is 0.00487 e. The lowest BCUT2D eigenvalue weighted by Gasteiger charge is -2.72. The van der Waals surface area contributed by atoms with Crippen LogP contribution < -0.4 is 0 Å². The highest BCUT2D eigenvalue weighted by atomic mass is 14.7. The lowest BCUT2D eigenvalue weighted by atomic mass is 9.32. The molecule has 0 heteroatoms. The number of rotatable bonds is 1. The van der Waals surface area contributed by atoms with Crippen LogP contribution in [0.3, 0.4) is 0 Å². The second-order valence-electron chi connectivity index (χ2n) is 15.8. The molecule has 186 valence electrons. The molecule has 9 atom stereocenters.